The summed E-state index contributed by atoms with van der Waals surface area (Å²) in [7, 11) is 0. The molecule has 0 saturated carbocycles. The zero-order valence-corrected chi connectivity index (χ0v) is 12.9. The molecular weight excluding hydrogens is 268 g/mol. The molecule has 108 valence electrons. The van der Waals surface area contributed by atoms with Crippen molar-refractivity contribution >= 4 is 22.7 Å². The highest BCUT2D eigenvalue weighted by molar-refractivity contribution is 7.10. The molecule has 0 spiro atoms. The molecule has 1 heterocycles. The van der Waals surface area contributed by atoms with E-state index in [1.165, 1.54) is 4.88 Å². The Labute approximate surface area is 124 Å². The van der Waals surface area contributed by atoms with Crippen LogP contribution in [-0.2, 0) is 0 Å². The number of para-hydroxylation sites is 1. The predicted octanol–water partition coefficient (Wildman–Crippen LogP) is 4.68. The SMILES string of the molecule is CCCC(Nc1cccc(OCC)c1N)c1cccs1. The van der Waals surface area contributed by atoms with Gasteiger partial charge in [-0.2, -0.15) is 0 Å². The zero-order valence-electron chi connectivity index (χ0n) is 12.1. The van der Waals surface area contributed by atoms with Crippen molar-refractivity contribution in [1.82, 2.24) is 0 Å². The first-order valence-corrected chi connectivity index (χ1v) is 7.95. The fourth-order valence-corrected chi connectivity index (χ4v) is 3.02. The zero-order chi connectivity index (χ0) is 14.4. The van der Waals surface area contributed by atoms with E-state index in [1.807, 2.05) is 25.1 Å². The standard InChI is InChI=1S/C16H22N2OS/c1-3-7-12(15-10-6-11-20-15)18-13-8-5-9-14(16(13)17)19-4-2/h5-6,8-12,18H,3-4,7,17H2,1-2H3. The van der Waals surface area contributed by atoms with E-state index in [0.29, 0.717) is 18.3 Å². The van der Waals surface area contributed by atoms with Gasteiger partial charge in [0, 0.05) is 4.88 Å². The fraction of sp³-hybridized carbons (Fsp3) is 0.375. The number of hydrogen-bond acceptors (Lipinski definition) is 4. The average Bonchev–Trinajstić information content (AvgIpc) is 2.97. The maximum Gasteiger partial charge on any atom is 0.144 e. The van der Waals surface area contributed by atoms with E-state index in [2.05, 4.69) is 29.8 Å². The van der Waals surface area contributed by atoms with Crippen LogP contribution >= 0.6 is 11.3 Å². The van der Waals surface area contributed by atoms with Crippen LogP contribution in [0.2, 0.25) is 0 Å². The average molecular weight is 290 g/mol. The van der Waals surface area contributed by atoms with E-state index in [1.54, 1.807) is 11.3 Å². The highest BCUT2D eigenvalue weighted by atomic mass is 32.1. The predicted molar refractivity (Wildman–Crippen MR) is 87.6 cm³/mol. The van der Waals surface area contributed by atoms with Crippen LogP contribution in [0.5, 0.6) is 5.75 Å². The first-order chi connectivity index (χ1) is 9.76. The summed E-state index contributed by atoms with van der Waals surface area (Å²) in [6, 6.07) is 10.4. The minimum absolute atomic E-state index is 0.305. The van der Waals surface area contributed by atoms with Crippen molar-refractivity contribution in [1.29, 1.82) is 0 Å². The second-order valence-electron chi connectivity index (χ2n) is 4.65. The summed E-state index contributed by atoms with van der Waals surface area (Å²) in [5.41, 5.74) is 7.82. The number of nitrogens with two attached hydrogens (primary N) is 1. The lowest BCUT2D eigenvalue weighted by molar-refractivity contribution is 0.342. The molecule has 0 saturated heterocycles. The summed E-state index contributed by atoms with van der Waals surface area (Å²) in [5.74, 6) is 0.749. The van der Waals surface area contributed by atoms with Gasteiger partial charge in [-0.1, -0.05) is 25.5 Å². The van der Waals surface area contributed by atoms with Gasteiger partial charge in [-0.15, -0.1) is 11.3 Å². The molecule has 0 aliphatic rings. The number of hydrogen-bond donors (Lipinski definition) is 2. The van der Waals surface area contributed by atoms with Crippen LogP contribution in [0.1, 0.15) is 37.6 Å². The highest BCUT2D eigenvalue weighted by Crippen LogP contribution is 2.34. The van der Waals surface area contributed by atoms with Gasteiger partial charge in [-0.25, -0.2) is 0 Å². The second kappa shape index (κ2) is 7.20. The van der Waals surface area contributed by atoms with Crippen molar-refractivity contribution < 1.29 is 4.74 Å². The molecule has 3 N–H and O–H groups in total. The number of nitrogen functional groups attached to an aromatic ring is 1. The lowest BCUT2D eigenvalue weighted by Gasteiger charge is -2.20. The summed E-state index contributed by atoms with van der Waals surface area (Å²) in [6.07, 6.45) is 2.21. The Morgan fingerprint density at radius 3 is 2.75 bits per heavy atom. The smallest absolute Gasteiger partial charge is 0.144 e. The largest absolute Gasteiger partial charge is 0.492 e. The summed E-state index contributed by atoms with van der Waals surface area (Å²) in [6.45, 7) is 4.78. The van der Waals surface area contributed by atoms with Crippen LogP contribution in [0, 0.1) is 0 Å². The van der Waals surface area contributed by atoms with E-state index < -0.39 is 0 Å². The van der Waals surface area contributed by atoms with Crippen molar-refractivity contribution in [2.75, 3.05) is 17.7 Å². The van der Waals surface area contributed by atoms with E-state index in [4.69, 9.17) is 10.5 Å². The molecule has 0 aliphatic carbocycles. The molecule has 2 rings (SSSR count). The molecule has 0 bridgehead atoms. The number of benzene rings is 1. The van der Waals surface area contributed by atoms with Gasteiger partial charge in [-0.3, -0.25) is 0 Å². The summed E-state index contributed by atoms with van der Waals surface area (Å²) < 4.78 is 5.55. The Balaban J connectivity index is 2.20. The molecule has 3 nitrogen and oxygen atoms in total. The first-order valence-electron chi connectivity index (χ1n) is 7.07. The molecule has 1 aromatic heterocycles. The summed E-state index contributed by atoms with van der Waals surface area (Å²) >= 11 is 1.78. The first kappa shape index (κ1) is 14.7. The van der Waals surface area contributed by atoms with Crippen LogP contribution < -0.4 is 15.8 Å². The Morgan fingerprint density at radius 2 is 2.10 bits per heavy atom. The molecule has 0 radical (unpaired) electrons. The van der Waals surface area contributed by atoms with Crippen molar-refractivity contribution in [2.45, 2.75) is 32.7 Å². The van der Waals surface area contributed by atoms with Gasteiger partial charge < -0.3 is 15.8 Å². The number of thiophene rings is 1. The van der Waals surface area contributed by atoms with Gasteiger partial charge in [0.25, 0.3) is 0 Å². The maximum absolute atomic E-state index is 6.18. The normalized spacial score (nSPS) is 12.1. The number of anilines is 2. The summed E-state index contributed by atoms with van der Waals surface area (Å²) in [5, 5.41) is 5.67. The molecule has 0 aliphatic heterocycles. The summed E-state index contributed by atoms with van der Waals surface area (Å²) in [4.78, 5) is 1.34. The number of nitrogens with one attached hydrogen (secondary N) is 1. The van der Waals surface area contributed by atoms with Crippen molar-refractivity contribution in [3.63, 3.8) is 0 Å². The topological polar surface area (TPSA) is 47.3 Å². The maximum atomic E-state index is 6.18. The van der Waals surface area contributed by atoms with Crippen LogP contribution in [-0.4, -0.2) is 6.61 Å². The van der Waals surface area contributed by atoms with E-state index in [0.717, 1.165) is 24.3 Å². The fourth-order valence-electron chi connectivity index (χ4n) is 2.20. The Hall–Kier alpha value is -1.68. The van der Waals surface area contributed by atoms with Crippen LogP contribution in [0.3, 0.4) is 0 Å². The van der Waals surface area contributed by atoms with Crippen LogP contribution in [0.25, 0.3) is 0 Å². The Morgan fingerprint density at radius 1 is 1.25 bits per heavy atom. The lowest BCUT2D eigenvalue weighted by Crippen LogP contribution is -2.11. The molecule has 4 heteroatoms. The van der Waals surface area contributed by atoms with Gasteiger partial charge in [0.1, 0.15) is 5.75 Å². The molecule has 1 atom stereocenters. The number of ether oxygens (including phenoxy) is 1. The van der Waals surface area contributed by atoms with E-state index in [-0.39, 0.29) is 0 Å². The highest BCUT2D eigenvalue weighted by Gasteiger charge is 2.14. The Kier molecular flexibility index (Phi) is 5.30. The third-order valence-electron chi connectivity index (χ3n) is 3.16. The molecule has 2 aromatic rings. The van der Waals surface area contributed by atoms with E-state index >= 15 is 0 Å². The van der Waals surface area contributed by atoms with Crippen molar-refractivity contribution in [2.24, 2.45) is 0 Å². The third kappa shape index (κ3) is 3.45. The molecule has 1 unspecified atom stereocenters. The van der Waals surface area contributed by atoms with Gasteiger partial charge in [-0.05, 0) is 36.9 Å². The molecule has 20 heavy (non-hydrogen) atoms. The molecule has 0 amide bonds. The third-order valence-corrected chi connectivity index (χ3v) is 4.15. The minimum atomic E-state index is 0.305. The van der Waals surface area contributed by atoms with Crippen molar-refractivity contribution in [3.05, 3.63) is 40.6 Å². The second-order valence-corrected chi connectivity index (χ2v) is 5.63. The van der Waals surface area contributed by atoms with Gasteiger partial charge >= 0.3 is 0 Å². The van der Waals surface area contributed by atoms with Crippen LogP contribution in [0.15, 0.2) is 35.7 Å². The van der Waals surface area contributed by atoms with E-state index in [9.17, 15) is 0 Å². The van der Waals surface area contributed by atoms with Gasteiger partial charge in [0.05, 0.1) is 24.0 Å². The quantitative estimate of drug-likeness (QED) is 0.728. The van der Waals surface area contributed by atoms with Gasteiger partial charge in [0.15, 0.2) is 0 Å². The number of rotatable bonds is 7. The van der Waals surface area contributed by atoms with Gasteiger partial charge in [0.2, 0.25) is 0 Å². The monoisotopic (exact) mass is 290 g/mol. The molecular formula is C16H22N2OS. The lowest BCUT2D eigenvalue weighted by atomic mass is 10.1. The van der Waals surface area contributed by atoms with Crippen LogP contribution in [0.4, 0.5) is 11.4 Å². The Bertz CT molecular complexity index is 525. The molecule has 1 aromatic carbocycles. The minimum Gasteiger partial charge on any atom is -0.492 e. The molecule has 0 fully saturated rings. The van der Waals surface area contributed by atoms with Crippen molar-refractivity contribution in [3.8, 4) is 5.75 Å².